The van der Waals surface area contributed by atoms with E-state index in [1.807, 2.05) is 30.3 Å². The van der Waals surface area contributed by atoms with Crippen molar-refractivity contribution in [3.8, 4) is 6.07 Å². The lowest BCUT2D eigenvalue weighted by molar-refractivity contribution is -0.109. The van der Waals surface area contributed by atoms with Gasteiger partial charge in [0.15, 0.2) is 0 Å². The van der Waals surface area contributed by atoms with Gasteiger partial charge >= 0.3 is 0 Å². The predicted octanol–water partition coefficient (Wildman–Crippen LogP) is 0.0695. The fourth-order valence-electron chi connectivity index (χ4n) is 1.44. The first-order valence-corrected chi connectivity index (χ1v) is 4.72. The third-order valence-electron chi connectivity index (χ3n) is 2.20. The molecule has 1 amide bonds. The Balaban J connectivity index is 2.27. The Kier molecular flexibility index (Phi) is 2.78. The summed E-state index contributed by atoms with van der Waals surface area (Å²) in [6.07, 6.45) is 0.507. The molecule has 0 aliphatic rings. The van der Waals surface area contributed by atoms with E-state index in [4.69, 9.17) is 5.26 Å². The van der Waals surface area contributed by atoms with E-state index < -0.39 is 6.04 Å². The first kappa shape index (κ1) is 10.1. The van der Waals surface area contributed by atoms with E-state index >= 15 is 0 Å². The van der Waals surface area contributed by atoms with Crippen LogP contribution in [0.2, 0.25) is 0 Å². The zero-order valence-corrected chi connectivity index (χ0v) is 8.37. The van der Waals surface area contributed by atoms with Gasteiger partial charge in [0.2, 0.25) is 6.41 Å². The maximum absolute atomic E-state index is 10.3. The van der Waals surface area contributed by atoms with Crippen LogP contribution in [0, 0.1) is 11.3 Å². The number of hydrogen-bond acceptors (Lipinski definition) is 4. The van der Waals surface area contributed by atoms with Gasteiger partial charge in [-0.2, -0.15) is 5.26 Å². The summed E-state index contributed by atoms with van der Waals surface area (Å²) in [6.45, 7) is 0.287. The van der Waals surface area contributed by atoms with Crippen LogP contribution in [0.1, 0.15) is 0 Å². The molecule has 0 bridgehead atoms. The number of nitrogens with one attached hydrogen (secondary N) is 1. The Morgan fingerprint density at radius 3 is 3.12 bits per heavy atom. The van der Waals surface area contributed by atoms with Crippen LogP contribution in [0.5, 0.6) is 0 Å². The molecule has 6 nitrogen and oxygen atoms in total. The standard InChI is InChI=1S/C10H9N5O/c11-5-8(12-7-16)6-15-10-4-2-1-3-9(10)13-14-15/h1-4,7-8H,6H2,(H,12,16)/t8-/m1/s1. The average molecular weight is 215 g/mol. The molecule has 1 aromatic carbocycles. The molecular weight excluding hydrogens is 206 g/mol. The zero-order valence-electron chi connectivity index (χ0n) is 8.37. The average Bonchev–Trinajstić information content (AvgIpc) is 2.72. The first-order valence-electron chi connectivity index (χ1n) is 4.72. The van der Waals surface area contributed by atoms with Gasteiger partial charge in [0, 0.05) is 0 Å². The van der Waals surface area contributed by atoms with Crippen molar-refractivity contribution in [2.75, 3.05) is 0 Å². The number of hydrogen-bond donors (Lipinski definition) is 1. The van der Waals surface area contributed by atoms with Crippen molar-refractivity contribution >= 4 is 17.4 Å². The molecule has 2 aromatic rings. The number of carbonyl (C=O) groups is 1. The van der Waals surface area contributed by atoms with Crippen LogP contribution in [0.4, 0.5) is 0 Å². The number of nitrogens with zero attached hydrogens (tertiary/aromatic N) is 4. The molecule has 0 saturated heterocycles. The fourth-order valence-corrected chi connectivity index (χ4v) is 1.44. The summed E-state index contributed by atoms with van der Waals surface area (Å²) < 4.78 is 1.60. The van der Waals surface area contributed by atoms with Gasteiger partial charge in [-0.25, -0.2) is 4.68 Å². The van der Waals surface area contributed by atoms with Crippen LogP contribution in [-0.4, -0.2) is 27.4 Å². The van der Waals surface area contributed by atoms with E-state index in [-0.39, 0.29) is 6.54 Å². The second-order valence-corrected chi connectivity index (χ2v) is 3.23. The lowest BCUT2D eigenvalue weighted by Crippen LogP contribution is -2.31. The Morgan fingerprint density at radius 1 is 1.56 bits per heavy atom. The highest BCUT2D eigenvalue weighted by Crippen LogP contribution is 2.09. The Hall–Kier alpha value is -2.42. The molecule has 1 heterocycles. The number of aromatic nitrogens is 3. The largest absolute Gasteiger partial charge is 0.341 e. The van der Waals surface area contributed by atoms with Crippen molar-refractivity contribution in [3.05, 3.63) is 24.3 Å². The molecule has 0 spiro atoms. The van der Waals surface area contributed by atoms with Crippen LogP contribution in [-0.2, 0) is 11.3 Å². The number of benzene rings is 1. The van der Waals surface area contributed by atoms with Crippen molar-refractivity contribution < 1.29 is 4.79 Å². The second kappa shape index (κ2) is 4.40. The van der Waals surface area contributed by atoms with E-state index in [0.29, 0.717) is 6.41 Å². The zero-order chi connectivity index (χ0) is 11.4. The highest BCUT2D eigenvalue weighted by molar-refractivity contribution is 5.73. The summed E-state index contributed by atoms with van der Waals surface area (Å²) in [5.74, 6) is 0. The van der Waals surface area contributed by atoms with Crippen molar-refractivity contribution in [1.29, 1.82) is 5.26 Å². The molecule has 0 fully saturated rings. The molecule has 0 saturated carbocycles. The third kappa shape index (κ3) is 1.83. The number of rotatable bonds is 4. The SMILES string of the molecule is N#C[C@H](Cn1nnc2ccccc21)NC=O. The Bertz CT molecular complexity index is 541. The highest BCUT2D eigenvalue weighted by atomic mass is 16.1. The van der Waals surface area contributed by atoms with E-state index in [2.05, 4.69) is 15.6 Å². The monoisotopic (exact) mass is 215 g/mol. The van der Waals surface area contributed by atoms with Crippen LogP contribution < -0.4 is 5.32 Å². The molecule has 0 aliphatic heterocycles. The van der Waals surface area contributed by atoms with Crippen LogP contribution in [0.25, 0.3) is 11.0 Å². The summed E-state index contributed by atoms with van der Waals surface area (Å²) in [5.41, 5.74) is 1.61. The number of carbonyl (C=O) groups excluding carboxylic acids is 1. The summed E-state index contributed by atoms with van der Waals surface area (Å²) >= 11 is 0. The van der Waals surface area contributed by atoms with Gasteiger partial charge in [-0.1, -0.05) is 17.3 Å². The van der Waals surface area contributed by atoms with Gasteiger partial charge in [0.1, 0.15) is 11.6 Å². The van der Waals surface area contributed by atoms with E-state index in [0.717, 1.165) is 11.0 Å². The maximum atomic E-state index is 10.3. The van der Waals surface area contributed by atoms with Gasteiger partial charge in [-0.3, -0.25) is 4.79 Å². The molecule has 0 unspecified atom stereocenters. The minimum Gasteiger partial charge on any atom is -0.341 e. The molecule has 6 heteroatoms. The number of fused-ring (bicyclic) bond motifs is 1. The van der Waals surface area contributed by atoms with Crippen LogP contribution >= 0.6 is 0 Å². The molecule has 1 aromatic heterocycles. The van der Waals surface area contributed by atoms with Gasteiger partial charge in [-0.05, 0) is 12.1 Å². The topological polar surface area (TPSA) is 83.6 Å². The summed E-state index contributed by atoms with van der Waals surface area (Å²) in [7, 11) is 0. The van der Waals surface area contributed by atoms with E-state index in [1.165, 1.54) is 0 Å². The summed E-state index contributed by atoms with van der Waals surface area (Å²) in [5, 5.41) is 19.1. The van der Waals surface area contributed by atoms with Crippen LogP contribution in [0.15, 0.2) is 24.3 Å². The first-order chi connectivity index (χ1) is 7.85. The second-order valence-electron chi connectivity index (χ2n) is 3.23. The highest BCUT2D eigenvalue weighted by Gasteiger charge is 2.10. The number of amides is 1. The number of nitriles is 1. The molecule has 0 aliphatic carbocycles. The lowest BCUT2D eigenvalue weighted by atomic mass is 10.3. The molecule has 16 heavy (non-hydrogen) atoms. The molecular formula is C10H9N5O. The molecule has 1 N–H and O–H groups in total. The Morgan fingerprint density at radius 2 is 2.38 bits per heavy atom. The summed E-state index contributed by atoms with van der Waals surface area (Å²) in [6, 6.07) is 8.83. The van der Waals surface area contributed by atoms with Crippen molar-refractivity contribution in [1.82, 2.24) is 20.3 Å². The smallest absolute Gasteiger partial charge is 0.208 e. The van der Waals surface area contributed by atoms with Gasteiger partial charge in [-0.15, -0.1) is 5.10 Å². The number of para-hydroxylation sites is 1. The molecule has 0 radical (unpaired) electrons. The van der Waals surface area contributed by atoms with Crippen molar-refractivity contribution in [2.24, 2.45) is 0 Å². The quantitative estimate of drug-likeness (QED) is 0.731. The van der Waals surface area contributed by atoms with Crippen molar-refractivity contribution in [2.45, 2.75) is 12.6 Å². The molecule has 2 rings (SSSR count). The van der Waals surface area contributed by atoms with Gasteiger partial charge in [0.25, 0.3) is 0 Å². The summed E-state index contributed by atoms with van der Waals surface area (Å²) in [4.78, 5) is 10.3. The fraction of sp³-hybridized carbons (Fsp3) is 0.200. The van der Waals surface area contributed by atoms with Crippen molar-refractivity contribution in [3.63, 3.8) is 0 Å². The normalized spacial score (nSPS) is 11.9. The van der Waals surface area contributed by atoms with Gasteiger partial charge < -0.3 is 5.32 Å². The van der Waals surface area contributed by atoms with Crippen LogP contribution in [0.3, 0.4) is 0 Å². The minimum atomic E-state index is -0.595. The van der Waals surface area contributed by atoms with E-state index in [9.17, 15) is 4.79 Å². The molecule has 1 atom stereocenters. The third-order valence-corrected chi connectivity index (χ3v) is 2.20. The lowest BCUT2D eigenvalue weighted by Gasteiger charge is -2.07. The molecule has 80 valence electrons. The predicted molar refractivity (Wildman–Crippen MR) is 56.1 cm³/mol. The van der Waals surface area contributed by atoms with E-state index in [1.54, 1.807) is 4.68 Å². The Labute approximate surface area is 91.5 Å². The van der Waals surface area contributed by atoms with Gasteiger partial charge in [0.05, 0.1) is 18.1 Å². The maximum Gasteiger partial charge on any atom is 0.208 e. The minimum absolute atomic E-state index is 0.287.